The maximum atomic E-state index is 13.3. The van der Waals surface area contributed by atoms with Crippen molar-refractivity contribution in [2.75, 3.05) is 10.6 Å². The number of para-hydroxylation sites is 1. The number of nitrogens with one attached hydrogen (secondary N) is 3. The lowest BCUT2D eigenvalue weighted by Gasteiger charge is -2.40. The van der Waals surface area contributed by atoms with Gasteiger partial charge in [-0.15, -0.1) is 0 Å². The molecule has 2 aliphatic rings. The predicted molar refractivity (Wildman–Crippen MR) is 116 cm³/mol. The number of benzene rings is 2. The summed E-state index contributed by atoms with van der Waals surface area (Å²) in [6.45, 7) is 3.59. The van der Waals surface area contributed by atoms with Gasteiger partial charge in [0, 0.05) is 28.4 Å². The van der Waals surface area contributed by atoms with Gasteiger partial charge in [-0.25, -0.2) is 5.21 Å². The molecule has 0 spiro atoms. The number of Topliss-reactive ketones (excluding diaryl/α,β-unsaturated/α-hetero) is 2. The van der Waals surface area contributed by atoms with Crippen LogP contribution in [0.4, 0.5) is 17.1 Å². The fourth-order valence-corrected chi connectivity index (χ4v) is 5.01. The van der Waals surface area contributed by atoms with E-state index in [1.165, 1.54) is 36.0 Å². The highest BCUT2D eigenvalue weighted by Crippen LogP contribution is 2.50. The lowest BCUT2D eigenvalue weighted by molar-refractivity contribution is -0.991. The van der Waals surface area contributed by atoms with Crippen LogP contribution in [-0.4, -0.2) is 22.7 Å². The SMILES string of the molecule is CC1(C)CC2=C(Sc3ccccc3N2)C(=O)C1C(=O)C(=O)Nc1cccc([NH+]([O-])O)c1. The summed E-state index contributed by atoms with van der Waals surface area (Å²) in [5.74, 6) is -3.28. The van der Waals surface area contributed by atoms with E-state index in [2.05, 4.69) is 10.6 Å². The molecule has 9 heteroatoms. The molecule has 0 saturated carbocycles. The molecule has 0 fully saturated rings. The van der Waals surface area contributed by atoms with Gasteiger partial charge in [-0.1, -0.05) is 43.8 Å². The first-order valence-corrected chi connectivity index (χ1v) is 10.5. The molecule has 0 radical (unpaired) electrons. The van der Waals surface area contributed by atoms with Gasteiger partial charge in [0.25, 0.3) is 5.91 Å². The second-order valence-electron chi connectivity index (χ2n) is 8.20. The number of rotatable bonds is 4. The van der Waals surface area contributed by atoms with Gasteiger partial charge < -0.3 is 15.8 Å². The molecule has 1 heterocycles. The second-order valence-corrected chi connectivity index (χ2v) is 9.25. The normalized spacial score (nSPS) is 20.3. The van der Waals surface area contributed by atoms with E-state index in [0.29, 0.717) is 11.3 Å². The van der Waals surface area contributed by atoms with Crippen LogP contribution in [0.3, 0.4) is 0 Å². The summed E-state index contributed by atoms with van der Waals surface area (Å²) in [4.78, 5) is 40.4. The van der Waals surface area contributed by atoms with Crippen LogP contribution in [0.25, 0.3) is 0 Å². The van der Waals surface area contributed by atoms with E-state index in [4.69, 9.17) is 5.21 Å². The Bertz CT molecular complexity index is 1130. The van der Waals surface area contributed by atoms with Crippen molar-refractivity contribution in [2.45, 2.75) is 25.2 Å². The lowest BCUT2D eigenvalue weighted by Crippen LogP contribution is -2.99. The maximum absolute atomic E-state index is 13.3. The third-order valence-corrected chi connectivity index (χ3v) is 6.64. The summed E-state index contributed by atoms with van der Waals surface area (Å²) >= 11 is 1.31. The number of allylic oxidation sites excluding steroid dienone is 2. The molecule has 0 bridgehead atoms. The highest BCUT2D eigenvalue weighted by molar-refractivity contribution is 8.04. The summed E-state index contributed by atoms with van der Waals surface area (Å²) < 4.78 is 0. The average molecular weight is 439 g/mol. The molecule has 160 valence electrons. The van der Waals surface area contributed by atoms with Crippen LogP contribution in [0.1, 0.15) is 20.3 Å². The van der Waals surface area contributed by atoms with E-state index in [1.54, 1.807) is 13.8 Å². The van der Waals surface area contributed by atoms with Gasteiger partial charge in [-0.2, -0.15) is 5.23 Å². The molecule has 2 atom stereocenters. The van der Waals surface area contributed by atoms with E-state index >= 15 is 0 Å². The summed E-state index contributed by atoms with van der Waals surface area (Å²) in [5, 5.41) is 24.8. The topological polar surface area (TPSA) is 123 Å². The minimum Gasteiger partial charge on any atom is -0.595 e. The molecular formula is C22H21N3O5S. The fourth-order valence-electron chi connectivity index (χ4n) is 3.94. The van der Waals surface area contributed by atoms with E-state index in [0.717, 1.165) is 16.3 Å². The first-order chi connectivity index (χ1) is 14.7. The number of hydrogen-bond acceptors (Lipinski definition) is 7. The van der Waals surface area contributed by atoms with Crippen LogP contribution in [0.5, 0.6) is 0 Å². The largest absolute Gasteiger partial charge is 0.595 e. The van der Waals surface area contributed by atoms with Gasteiger partial charge in [0.1, 0.15) is 0 Å². The van der Waals surface area contributed by atoms with Gasteiger partial charge in [0.05, 0.1) is 16.5 Å². The number of ketones is 2. The highest BCUT2D eigenvalue weighted by atomic mass is 32.2. The zero-order valence-electron chi connectivity index (χ0n) is 16.9. The Balaban J connectivity index is 1.58. The van der Waals surface area contributed by atoms with Crippen molar-refractivity contribution in [3.05, 3.63) is 64.3 Å². The van der Waals surface area contributed by atoms with Crippen LogP contribution in [0.15, 0.2) is 64.0 Å². The zero-order chi connectivity index (χ0) is 22.3. The molecule has 4 N–H and O–H groups in total. The number of amides is 1. The minimum atomic E-state index is -1.15. The van der Waals surface area contributed by atoms with Gasteiger partial charge in [0.15, 0.2) is 11.5 Å². The number of carbonyl (C=O) groups excluding carboxylic acids is 3. The fraction of sp³-hybridized carbons (Fsp3) is 0.227. The molecule has 0 saturated heterocycles. The van der Waals surface area contributed by atoms with E-state index in [1.807, 2.05) is 24.3 Å². The molecule has 1 aliphatic heterocycles. The van der Waals surface area contributed by atoms with Crippen LogP contribution in [0, 0.1) is 16.5 Å². The van der Waals surface area contributed by atoms with Crippen molar-refractivity contribution in [2.24, 2.45) is 11.3 Å². The molecule has 4 rings (SSSR count). The van der Waals surface area contributed by atoms with Crippen LogP contribution < -0.4 is 15.9 Å². The van der Waals surface area contributed by atoms with Gasteiger partial charge >= 0.3 is 0 Å². The van der Waals surface area contributed by atoms with E-state index < -0.39 is 28.2 Å². The summed E-state index contributed by atoms with van der Waals surface area (Å²) in [6, 6.07) is 13.2. The Morgan fingerprint density at radius 1 is 1.23 bits per heavy atom. The van der Waals surface area contributed by atoms with Crippen molar-refractivity contribution in [3.8, 4) is 0 Å². The first kappa shape index (κ1) is 21.3. The predicted octanol–water partition coefficient (Wildman–Crippen LogP) is 2.64. The molecule has 2 aromatic rings. The van der Waals surface area contributed by atoms with Crippen molar-refractivity contribution in [1.29, 1.82) is 0 Å². The second kappa shape index (κ2) is 7.93. The average Bonchev–Trinajstić information content (AvgIpc) is 2.72. The number of quaternary nitrogens is 1. The minimum absolute atomic E-state index is 0.0162. The third-order valence-electron chi connectivity index (χ3n) is 5.41. The summed E-state index contributed by atoms with van der Waals surface area (Å²) in [6.07, 6.45) is 0.438. The Morgan fingerprint density at radius 3 is 2.71 bits per heavy atom. The molecule has 1 aliphatic carbocycles. The van der Waals surface area contributed by atoms with Crippen molar-refractivity contribution in [3.63, 3.8) is 0 Å². The van der Waals surface area contributed by atoms with Gasteiger partial charge in [0.2, 0.25) is 5.78 Å². The van der Waals surface area contributed by atoms with Gasteiger partial charge in [-0.3, -0.25) is 14.4 Å². The molecule has 8 nitrogen and oxygen atoms in total. The lowest BCUT2D eigenvalue weighted by atomic mass is 9.67. The van der Waals surface area contributed by atoms with Crippen molar-refractivity contribution < 1.29 is 24.8 Å². The zero-order valence-corrected chi connectivity index (χ0v) is 17.7. The highest BCUT2D eigenvalue weighted by Gasteiger charge is 2.49. The number of carbonyl (C=O) groups is 3. The molecule has 2 aromatic carbocycles. The monoisotopic (exact) mass is 439 g/mol. The smallest absolute Gasteiger partial charge is 0.292 e. The van der Waals surface area contributed by atoms with Crippen LogP contribution in [0.2, 0.25) is 0 Å². The van der Waals surface area contributed by atoms with Gasteiger partial charge in [-0.05, 0) is 30.0 Å². The maximum Gasteiger partial charge on any atom is 0.292 e. The Morgan fingerprint density at radius 2 is 1.97 bits per heavy atom. The van der Waals surface area contributed by atoms with Crippen LogP contribution >= 0.6 is 11.8 Å². The summed E-state index contributed by atoms with van der Waals surface area (Å²) in [5.41, 5.74) is 1.07. The molecular weight excluding hydrogens is 418 g/mol. The Hall–Kier alpha value is -2.98. The van der Waals surface area contributed by atoms with Crippen molar-refractivity contribution >= 4 is 46.3 Å². The Kier molecular flexibility index (Phi) is 5.44. The number of hydrogen-bond donors (Lipinski definition) is 4. The first-order valence-electron chi connectivity index (χ1n) is 9.67. The number of fused-ring (bicyclic) bond motifs is 1. The molecule has 2 unspecified atom stereocenters. The standard InChI is InChI=1S/C22H21N3O5S/c1-22(2)11-15-20(31-16-9-4-3-8-14(16)24-15)18(26)17(22)19(27)21(28)23-12-6-5-7-13(10-12)25(29)30/h3-10,17,24-25,29H,11H2,1-2H3,(H,23,28). The Labute approximate surface area is 182 Å². The molecule has 0 aromatic heterocycles. The van der Waals surface area contributed by atoms with E-state index in [-0.39, 0.29) is 17.2 Å². The number of anilines is 2. The van der Waals surface area contributed by atoms with Crippen LogP contribution in [-0.2, 0) is 14.4 Å². The summed E-state index contributed by atoms with van der Waals surface area (Å²) in [7, 11) is 0. The molecule has 31 heavy (non-hydrogen) atoms. The number of thioether (sulfide) groups is 1. The molecule has 1 amide bonds. The third kappa shape index (κ3) is 4.00. The quantitative estimate of drug-likeness (QED) is 0.328. The van der Waals surface area contributed by atoms with E-state index in [9.17, 15) is 19.6 Å². The van der Waals surface area contributed by atoms with Crippen molar-refractivity contribution in [1.82, 2.24) is 0 Å².